The molecule has 0 aromatic heterocycles. The molecule has 5 heteroatoms. The Hall–Kier alpha value is -0.810. The summed E-state index contributed by atoms with van der Waals surface area (Å²) in [6.07, 6.45) is 8.10. The highest BCUT2D eigenvalue weighted by molar-refractivity contribution is 5.79. The van der Waals surface area contributed by atoms with Gasteiger partial charge in [-0.25, -0.2) is 5.84 Å². The summed E-state index contributed by atoms with van der Waals surface area (Å²) in [5.74, 6) is 6.97. The van der Waals surface area contributed by atoms with E-state index in [2.05, 4.69) is 15.7 Å². The number of hydrogen-bond acceptors (Lipinski definition) is 3. The lowest BCUT2D eigenvalue weighted by molar-refractivity contribution is 0.179. The van der Waals surface area contributed by atoms with E-state index in [9.17, 15) is 0 Å². The highest BCUT2D eigenvalue weighted by Crippen LogP contribution is 2.25. The molecule has 0 aliphatic heterocycles. The fraction of sp³-hybridized carbons (Fsp3) is 0.923. The molecule has 0 radical (unpaired) electrons. The molecule has 4 N–H and O–H groups in total. The van der Waals surface area contributed by atoms with E-state index in [1.54, 1.807) is 7.11 Å². The second kappa shape index (κ2) is 9.16. The van der Waals surface area contributed by atoms with E-state index >= 15 is 0 Å². The number of hydrogen-bond donors (Lipinski definition) is 3. The topological polar surface area (TPSA) is 71.7 Å². The third-order valence-corrected chi connectivity index (χ3v) is 3.47. The summed E-state index contributed by atoms with van der Waals surface area (Å²) in [5, 5.41) is 3.19. The van der Waals surface area contributed by atoms with Gasteiger partial charge in [-0.15, -0.1) is 0 Å². The first kappa shape index (κ1) is 15.2. The first-order valence-corrected chi connectivity index (χ1v) is 7.02. The van der Waals surface area contributed by atoms with Crippen LogP contribution in [0.25, 0.3) is 0 Å². The van der Waals surface area contributed by atoms with Crippen molar-refractivity contribution in [2.75, 3.05) is 20.3 Å². The summed E-state index contributed by atoms with van der Waals surface area (Å²) in [7, 11) is 1.69. The Morgan fingerprint density at radius 1 is 1.39 bits per heavy atom. The number of nitrogens with one attached hydrogen (secondary N) is 2. The molecular weight excluding hydrogens is 228 g/mol. The van der Waals surface area contributed by atoms with E-state index in [1.165, 1.54) is 38.5 Å². The van der Waals surface area contributed by atoms with Crippen molar-refractivity contribution in [3.05, 3.63) is 0 Å². The summed E-state index contributed by atoms with van der Waals surface area (Å²) in [6.45, 7) is 3.53. The van der Waals surface area contributed by atoms with E-state index < -0.39 is 0 Å². The van der Waals surface area contributed by atoms with E-state index in [-0.39, 0.29) is 6.04 Å². The zero-order valence-corrected chi connectivity index (χ0v) is 11.7. The number of rotatable bonds is 6. The normalized spacial score (nSPS) is 19.6. The molecule has 106 valence electrons. The fourth-order valence-electron chi connectivity index (χ4n) is 2.49. The Labute approximate surface area is 111 Å². The molecule has 1 atom stereocenters. The first-order chi connectivity index (χ1) is 8.76. The minimum atomic E-state index is 0.208. The van der Waals surface area contributed by atoms with E-state index in [1.807, 2.05) is 6.92 Å². The van der Waals surface area contributed by atoms with Crippen LogP contribution in [0.3, 0.4) is 0 Å². The van der Waals surface area contributed by atoms with Crippen LogP contribution in [0.4, 0.5) is 0 Å². The second-order valence-corrected chi connectivity index (χ2v) is 5.17. The Balaban J connectivity index is 2.23. The van der Waals surface area contributed by atoms with Crippen LogP contribution in [0.15, 0.2) is 4.99 Å². The van der Waals surface area contributed by atoms with Crippen LogP contribution in [0.1, 0.15) is 45.4 Å². The molecule has 1 saturated carbocycles. The number of guanidine groups is 1. The van der Waals surface area contributed by atoms with Gasteiger partial charge in [-0.3, -0.25) is 10.4 Å². The summed E-state index contributed by atoms with van der Waals surface area (Å²) in [5.41, 5.74) is 2.61. The standard InChI is InChI=1S/C13H28N4O/c1-11(10-18-2)16-13(17-14)15-9-8-12-6-4-3-5-7-12/h11-12H,3-10,14H2,1-2H3,(H2,15,16,17). The van der Waals surface area contributed by atoms with Crippen LogP contribution in [0.5, 0.6) is 0 Å². The molecule has 5 nitrogen and oxygen atoms in total. The lowest BCUT2D eigenvalue weighted by Gasteiger charge is -2.21. The van der Waals surface area contributed by atoms with Crippen molar-refractivity contribution in [1.29, 1.82) is 0 Å². The van der Waals surface area contributed by atoms with Gasteiger partial charge in [-0.05, 0) is 19.3 Å². The van der Waals surface area contributed by atoms with Crippen molar-refractivity contribution >= 4 is 5.96 Å². The lowest BCUT2D eigenvalue weighted by atomic mass is 9.87. The molecule has 1 unspecified atom stereocenters. The van der Waals surface area contributed by atoms with Crippen molar-refractivity contribution in [1.82, 2.24) is 10.7 Å². The van der Waals surface area contributed by atoms with Crippen molar-refractivity contribution < 1.29 is 4.74 Å². The van der Waals surface area contributed by atoms with Gasteiger partial charge < -0.3 is 10.1 Å². The molecule has 1 aliphatic carbocycles. The predicted molar refractivity (Wildman–Crippen MR) is 75.3 cm³/mol. The number of nitrogens with two attached hydrogens (primary N) is 1. The Kier molecular flexibility index (Phi) is 7.76. The van der Waals surface area contributed by atoms with Gasteiger partial charge in [0.15, 0.2) is 0 Å². The predicted octanol–water partition coefficient (Wildman–Crippen LogP) is 1.40. The molecule has 0 aromatic rings. The van der Waals surface area contributed by atoms with Gasteiger partial charge >= 0.3 is 0 Å². The molecule has 1 aliphatic rings. The van der Waals surface area contributed by atoms with Gasteiger partial charge in [-0.2, -0.15) is 0 Å². The second-order valence-electron chi connectivity index (χ2n) is 5.17. The highest BCUT2D eigenvalue weighted by atomic mass is 16.5. The quantitative estimate of drug-likeness (QED) is 0.291. The molecule has 0 bridgehead atoms. The SMILES string of the molecule is COCC(C)NC(=NCCC1CCCCC1)NN. The molecule has 1 fully saturated rings. The molecular formula is C13H28N4O. The minimum Gasteiger partial charge on any atom is -0.383 e. The van der Waals surface area contributed by atoms with E-state index in [4.69, 9.17) is 10.6 Å². The average molecular weight is 256 g/mol. The maximum atomic E-state index is 5.45. The van der Waals surface area contributed by atoms with Crippen LogP contribution >= 0.6 is 0 Å². The largest absolute Gasteiger partial charge is 0.383 e. The third kappa shape index (κ3) is 6.21. The van der Waals surface area contributed by atoms with Gasteiger partial charge in [0.2, 0.25) is 5.96 Å². The first-order valence-electron chi connectivity index (χ1n) is 7.02. The molecule has 0 amide bonds. The summed E-state index contributed by atoms with van der Waals surface area (Å²) >= 11 is 0. The Bertz CT molecular complexity index is 239. The smallest absolute Gasteiger partial charge is 0.206 e. The average Bonchev–Trinajstić information content (AvgIpc) is 2.39. The monoisotopic (exact) mass is 256 g/mol. The summed E-state index contributed by atoms with van der Waals surface area (Å²) < 4.78 is 5.06. The van der Waals surface area contributed by atoms with Gasteiger partial charge in [-0.1, -0.05) is 32.1 Å². The number of nitrogens with zero attached hydrogens (tertiary/aromatic N) is 1. The van der Waals surface area contributed by atoms with Crippen molar-refractivity contribution in [2.24, 2.45) is 16.8 Å². The number of methoxy groups -OCH3 is 1. The molecule has 0 heterocycles. The Morgan fingerprint density at radius 2 is 2.11 bits per heavy atom. The molecule has 0 spiro atoms. The zero-order chi connectivity index (χ0) is 13.2. The van der Waals surface area contributed by atoms with Gasteiger partial charge in [0.05, 0.1) is 6.61 Å². The van der Waals surface area contributed by atoms with Crippen molar-refractivity contribution in [2.45, 2.75) is 51.5 Å². The molecule has 1 rings (SSSR count). The number of aliphatic imine (C=N–C) groups is 1. The van der Waals surface area contributed by atoms with Gasteiger partial charge in [0.25, 0.3) is 0 Å². The fourth-order valence-corrected chi connectivity index (χ4v) is 2.49. The maximum absolute atomic E-state index is 5.45. The highest BCUT2D eigenvalue weighted by Gasteiger charge is 2.12. The van der Waals surface area contributed by atoms with Gasteiger partial charge in [0.1, 0.15) is 0 Å². The van der Waals surface area contributed by atoms with Crippen LogP contribution in [-0.2, 0) is 4.74 Å². The third-order valence-electron chi connectivity index (χ3n) is 3.47. The minimum absolute atomic E-state index is 0.208. The Morgan fingerprint density at radius 3 is 2.72 bits per heavy atom. The number of hydrazine groups is 1. The van der Waals surface area contributed by atoms with Crippen LogP contribution in [-0.4, -0.2) is 32.3 Å². The van der Waals surface area contributed by atoms with E-state index in [0.29, 0.717) is 12.6 Å². The lowest BCUT2D eigenvalue weighted by Crippen LogP contribution is -2.47. The molecule has 0 aromatic carbocycles. The van der Waals surface area contributed by atoms with Crippen molar-refractivity contribution in [3.63, 3.8) is 0 Å². The molecule has 18 heavy (non-hydrogen) atoms. The van der Waals surface area contributed by atoms with Gasteiger partial charge in [0, 0.05) is 19.7 Å². The van der Waals surface area contributed by atoms with Crippen LogP contribution in [0, 0.1) is 5.92 Å². The number of ether oxygens (including phenoxy) is 1. The molecule has 0 saturated heterocycles. The zero-order valence-electron chi connectivity index (χ0n) is 11.7. The van der Waals surface area contributed by atoms with E-state index in [0.717, 1.165) is 12.5 Å². The van der Waals surface area contributed by atoms with Crippen LogP contribution in [0.2, 0.25) is 0 Å². The summed E-state index contributed by atoms with van der Waals surface area (Å²) in [6, 6.07) is 0.208. The van der Waals surface area contributed by atoms with Crippen LogP contribution < -0.4 is 16.6 Å². The maximum Gasteiger partial charge on any atom is 0.206 e. The summed E-state index contributed by atoms with van der Waals surface area (Å²) in [4.78, 5) is 4.47. The van der Waals surface area contributed by atoms with Crippen molar-refractivity contribution in [3.8, 4) is 0 Å².